The van der Waals surface area contributed by atoms with E-state index in [9.17, 15) is 0 Å². The predicted molar refractivity (Wildman–Crippen MR) is 88.3 cm³/mol. The highest BCUT2D eigenvalue weighted by Crippen LogP contribution is 2.32. The summed E-state index contributed by atoms with van der Waals surface area (Å²) in [6.45, 7) is 5.83. The van der Waals surface area contributed by atoms with Crippen molar-refractivity contribution in [3.05, 3.63) is 43.7 Å². The Morgan fingerprint density at radius 1 is 1.20 bits per heavy atom. The molecule has 1 heterocycles. The molecule has 6 heteroatoms. The van der Waals surface area contributed by atoms with E-state index in [1.165, 1.54) is 0 Å². The molecule has 2 rings (SSSR count). The number of nitrogens with one attached hydrogen (secondary N) is 1. The zero-order valence-electron chi connectivity index (χ0n) is 11.4. The van der Waals surface area contributed by atoms with Crippen LogP contribution in [0.3, 0.4) is 0 Å². The van der Waals surface area contributed by atoms with Gasteiger partial charge in [0, 0.05) is 21.5 Å². The van der Waals surface area contributed by atoms with Gasteiger partial charge in [-0.15, -0.1) is 0 Å². The Bertz CT molecular complexity index is 659. The number of nitrogens with zero attached hydrogens (tertiary/aromatic N) is 2. The molecule has 0 saturated carbocycles. The summed E-state index contributed by atoms with van der Waals surface area (Å²) >= 11 is 15.8. The smallest absolute Gasteiger partial charge is 0.138 e. The van der Waals surface area contributed by atoms with Gasteiger partial charge in [-0.2, -0.15) is 0 Å². The second-order valence-electron chi connectivity index (χ2n) is 4.46. The van der Waals surface area contributed by atoms with Gasteiger partial charge in [0.15, 0.2) is 0 Å². The Balaban J connectivity index is 2.44. The van der Waals surface area contributed by atoms with Gasteiger partial charge in [-0.1, -0.05) is 30.1 Å². The summed E-state index contributed by atoms with van der Waals surface area (Å²) in [4.78, 5) is 8.69. The van der Waals surface area contributed by atoms with E-state index in [1.54, 1.807) is 0 Å². The Morgan fingerprint density at radius 3 is 2.55 bits per heavy atom. The molecule has 2 aromatic rings. The van der Waals surface area contributed by atoms with E-state index in [0.717, 1.165) is 27.7 Å². The van der Waals surface area contributed by atoms with Crippen LogP contribution in [0.15, 0.2) is 16.6 Å². The summed E-state index contributed by atoms with van der Waals surface area (Å²) in [7, 11) is 0. The Kier molecular flexibility index (Phi) is 4.89. The third-order valence-electron chi connectivity index (χ3n) is 2.95. The molecule has 0 amide bonds. The number of benzene rings is 1. The average Bonchev–Trinajstić information content (AvgIpc) is 2.40. The van der Waals surface area contributed by atoms with Crippen LogP contribution in [0.5, 0.6) is 0 Å². The molecule has 0 atom stereocenters. The molecule has 0 aliphatic heterocycles. The van der Waals surface area contributed by atoms with E-state index in [-0.39, 0.29) is 0 Å². The second-order valence-corrected chi connectivity index (χ2v) is 6.08. The van der Waals surface area contributed by atoms with Crippen LogP contribution in [0.2, 0.25) is 10.2 Å². The number of hydrogen-bond acceptors (Lipinski definition) is 3. The SMILES string of the molecule is CCc1nc(Cl)c(C)c(Nc2cc(Cl)c(C)cc2Br)n1. The van der Waals surface area contributed by atoms with Gasteiger partial charge in [0.25, 0.3) is 0 Å². The molecule has 20 heavy (non-hydrogen) atoms. The van der Waals surface area contributed by atoms with E-state index >= 15 is 0 Å². The third kappa shape index (κ3) is 3.25. The fourth-order valence-electron chi connectivity index (χ4n) is 1.68. The monoisotopic (exact) mass is 373 g/mol. The standard InChI is InChI=1S/C14H14BrCl2N3/c1-4-12-19-13(17)8(3)14(20-12)18-11-6-10(16)7(2)5-9(11)15/h5-6H,4H2,1-3H3,(H,18,19,20). The summed E-state index contributed by atoms with van der Waals surface area (Å²) in [5.41, 5.74) is 2.67. The minimum Gasteiger partial charge on any atom is -0.339 e. The van der Waals surface area contributed by atoms with E-state index in [0.29, 0.717) is 21.8 Å². The quantitative estimate of drug-likeness (QED) is 0.724. The molecule has 0 fully saturated rings. The zero-order chi connectivity index (χ0) is 14.9. The number of anilines is 2. The lowest BCUT2D eigenvalue weighted by atomic mass is 10.2. The van der Waals surface area contributed by atoms with Gasteiger partial charge in [0.2, 0.25) is 0 Å². The summed E-state index contributed by atoms with van der Waals surface area (Å²) in [5.74, 6) is 1.40. The van der Waals surface area contributed by atoms with E-state index in [2.05, 4.69) is 31.2 Å². The fourth-order valence-corrected chi connectivity index (χ4v) is 2.59. The number of hydrogen-bond donors (Lipinski definition) is 1. The van der Waals surface area contributed by atoms with Gasteiger partial charge in [-0.25, -0.2) is 9.97 Å². The minimum atomic E-state index is 0.466. The van der Waals surface area contributed by atoms with Gasteiger partial charge >= 0.3 is 0 Å². The van der Waals surface area contributed by atoms with Crippen molar-refractivity contribution in [2.45, 2.75) is 27.2 Å². The Morgan fingerprint density at radius 2 is 1.90 bits per heavy atom. The maximum Gasteiger partial charge on any atom is 0.138 e. The highest BCUT2D eigenvalue weighted by molar-refractivity contribution is 9.10. The third-order valence-corrected chi connectivity index (χ3v) is 4.38. The summed E-state index contributed by atoms with van der Waals surface area (Å²) in [6, 6.07) is 3.82. The lowest BCUT2D eigenvalue weighted by Gasteiger charge is -2.13. The largest absolute Gasteiger partial charge is 0.339 e. The van der Waals surface area contributed by atoms with Crippen LogP contribution >= 0.6 is 39.1 Å². The van der Waals surface area contributed by atoms with Crippen LogP contribution in [0.25, 0.3) is 0 Å². The first-order chi connectivity index (χ1) is 9.42. The number of halogens is 3. The lowest BCUT2D eigenvalue weighted by molar-refractivity contribution is 0.934. The Hall–Kier alpha value is -0.840. The fraction of sp³-hybridized carbons (Fsp3) is 0.286. The molecule has 0 spiro atoms. The predicted octanol–water partition coefficient (Wildman–Crippen LogP) is 5.47. The highest BCUT2D eigenvalue weighted by Gasteiger charge is 2.11. The first-order valence-corrected chi connectivity index (χ1v) is 7.73. The molecule has 0 aliphatic rings. The second kappa shape index (κ2) is 6.29. The van der Waals surface area contributed by atoms with Crippen molar-refractivity contribution in [2.75, 3.05) is 5.32 Å². The first-order valence-electron chi connectivity index (χ1n) is 6.18. The van der Waals surface area contributed by atoms with Crippen LogP contribution in [0.1, 0.15) is 23.9 Å². The highest BCUT2D eigenvalue weighted by atomic mass is 79.9. The molecule has 0 unspecified atom stereocenters. The molecule has 0 bridgehead atoms. The number of aromatic nitrogens is 2. The molecular weight excluding hydrogens is 361 g/mol. The zero-order valence-corrected chi connectivity index (χ0v) is 14.5. The summed E-state index contributed by atoms with van der Waals surface area (Å²) in [6.07, 6.45) is 0.727. The van der Waals surface area contributed by atoms with Crippen molar-refractivity contribution in [1.29, 1.82) is 0 Å². The minimum absolute atomic E-state index is 0.466. The van der Waals surface area contributed by atoms with Crippen molar-refractivity contribution >= 4 is 50.6 Å². The maximum atomic E-state index is 6.16. The molecular formula is C14H14BrCl2N3. The molecule has 1 aromatic heterocycles. The van der Waals surface area contributed by atoms with Gasteiger partial charge in [-0.3, -0.25) is 0 Å². The maximum absolute atomic E-state index is 6.16. The van der Waals surface area contributed by atoms with Gasteiger partial charge < -0.3 is 5.32 Å². The van der Waals surface area contributed by atoms with Crippen LogP contribution < -0.4 is 5.32 Å². The molecule has 0 saturated heterocycles. The normalized spacial score (nSPS) is 10.7. The number of aryl methyl sites for hydroxylation is 2. The molecule has 0 aliphatic carbocycles. The first kappa shape index (κ1) is 15.5. The van der Waals surface area contributed by atoms with Crippen molar-refractivity contribution < 1.29 is 0 Å². The molecule has 1 N–H and O–H groups in total. The Labute approximate surface area is 136 Å². The van der Waals surface area contributed by atoms with Crippen molar-refractivity contribution in [2.24, 2.45) is 0 Å². The summed E-state index contributed by atoms with van der Waals surface area (Å²) in [5, 5.41) is 4.42. The van der Waals surface area contributed by atoms with Crippen molar-refractivity contribution in [1.82, 2.24) is 9.97 Å². The van der Waals surface area contributed by atoms with Crippen LogP contribution in [-0.4, -0.2) is 9.97 Å². The van der Waals surface area contributed by atoms with E-state index < -0.39 is 0 Å². The molecule has 3 nitrogen and oxygen atoms in total. The van der Waals surface area contributed by atoms with Crippen LogP contribution in [0, 0.1) is 13.8 Å². The van der Waals surface area contributed by atoms with E-state index in [1.807, 2.05) is 32.9 Å². The van der Waals surface area contributed by atoms with Gasteiger partial charge in [0.05, 0.1) is 5.69 Å². The van der Waals surface area contributed by atoms with Crippen molar-refractivity contribution in [3.63, 3.8) is 0 Å². The molecule has 0 radical (unpaired) electrons. The average molecular weight is 375 g/mol. The van der Waals surface area contributed by atoms with Crippen molar-refractivity contribution in [3.8, 4) is 0 Å². The van der Waals surface area contributed by atoms with Gasteiger partial charge in [-0.05, 0) is 47.5 Å². The lowest BCUT2D eigenvalue weighted by Crippen LogP contribution is -2.03. The topological polar surface area (TPSA) is 37.8 Å². The molecule has 106 valence electrons. The van der Waals surface area contributed by atoms with E-state index in [4.69, 9.17) is 23.2 Å². The summed E-state index contributed by atoms with van der Waals surface area (Å²) < 4.78 is 0.923. The van der Waals surface area contributed by atoms with Crippen LogP contribution in [-0.2, 0) is 6.42 Å². The number of rotatable bonds is 3. The van der Waals surface area contributed by atoms with Crippen LogP contribution in [0.4, 0.5) is 11.5 Å². The van der Waals surface area contributed by atoms with Gasteiger partial charge in [0.1, 0.15) is 16.8 Å². The molecule has 1 aromatic carbocycles.